The van der Waals surface area contributed by atoms with Crippen molar-refractivity contribution >= 4 is 37.8 Å². The van der Waals surface area contributed by atoms with Gasteiger partial charge >= 0.3 is 5.97 Å². The van der Waals surface area contributed by atoms with E-state index in [1.54, 1.807) is 12.1 Å². The van der Waals surface area contributed by atoms with Crippen molar-refractivity contribution in [1.82, 2.24) is 0 Å². The van der Waals surface area contributed by atoms with E-state index in [1.807, 2.05) is 31.2 Å². The van der Waals surface area contributed by atoms with Gasteiger partial charge in [-0.3, -0.25) is 4.79 Å². The van der Waals surface area contributed by atoms with Crippen LogP contribution in [0.15, 0.2) is 51.9 Å². The van der Waals surface area contributed by atoms with Crippen molar-refractivity contribution in [3.63, 3.8) is 0 Å². The fraction of sp³-hybridized carbons (Fsp3) is 0.318. The minimum atomic E-state index is -0.257. The first-order valence-corrected chi connectivity index (χ1v) is 10.3. The number of esters is 1. The summed E-state index contributed by atoms with van der Waals surface area (Å²) in [5.41, 5.74) is 3.84. The fourth-order valence-electron chi connectivity index (χ4n) is 3.60. The lowest BCUT2D eigenvalue weighted by Gasteiger charge is -2.12. The standard InChI is InChI=1S/C22H21Br2FO2/c1-13-15(5-4-6-17(13)14-7-9-16(25)10-8-14)12-27-21(26)20-18(11-19(23)24)22(20,2)3/h4-11,18,20H,12H2,1-3H3. The first-order valence-electron chi connectivity index (χ1n) is 8.75. The molecule has 0 radical (unpaired) electrons. The maximum absolute atomic E-state index is 13.2. The molecule has 0 spiro atoms. The molecular weight excluding hydrogens is 475 g/mol. The Morgan fingerprint density at radius 2 is 1.85 bits per heavy atom. The normalized spacial score (nSPS) is 20.1. The monoisotopic (exact) mass is 494 g/mol. The first-order chi connectivity index (χ1) is 12.7. The second kappa shape index (κ2) is 7.88. The minimum Gasteiger partial charge on any atom is -0.461 e. The molecule has 2 unspecified atom stereocenters. The van der Waals surface area contributed by atoms with Crippen LogP contribution in [-0.2, 0) is 16.1 Å². The van der Waals surface area contributed by atoms with Gasteiger partial charge in [0.1, 0.15) is 12.4 Å². The van der Waals surface area contributed by atoms with Gasteiger partial charge in [0, 0.05) is 0 Å². The third-order valence-electron chi connectivity index (χ3n) is 5.44. The summed E-state index contributed by atoms with van der Waals surface area (Å²) in [6, 6.07) is 12.3. The molecule has 2 aromatic carbocycles. The lowest BCUT2D eigenvalue weighted by atomic mass is 9.97. The second-order valence-electron chi connectivity index (χ2n) is 7.49. The van der Waals surface area contributed by atoms with E-state index >= 15 is 0 Å². The van der Waals surface area contributed by atoms with Crippen LogP contribution in [0.3, 0.4) is 0 Å². The zero-order valence-electron chi connectivity index (χ0n) is 15.4. The van der Waals surface area contributed by atoms with Crippen molar-refractivity contribution in [2.75, 3.05) is 0 Å². The van der Waals surface area contributed by atoms with Crippen molar-refractivity contribution in [1.29, 1.82) is 0 Å². The highest BCUT2D eigenvalue weighted by Gasteiger charge is 2.61. The van der Waals surface area contributed by atoms with Gasteiger partial charge in [-0.15, -0.1) is 0 Å². The van der Waals surface area contributed by atoms with E-state index in [0.717, 1.165) is 25.6 Å². The Labute approximate surface area is 176 Å². The quantitative estimate of drug-likeness (QED) is 0.429. The van der Waals surface area contributed by atoms with E-state index in [9.17, 15) is 9.18 Å². The summed E-state index contributed by atoms with van der Waals surface area (Å²) < 4.78 is 19.7. The molecule has 3 rings (SSSR count). The summed E-state index contributed by atoms with van der Waals surface area (Å²) in [5.74, 6) is -0.407. The Bertz CT molecular complexity index is 884. The Balaban J connectivity index is 1.72. The molecule has 27 heavy (non-hydrogen) atoms. The molecule has 1 aliphatic carbocycles. The average Bonchev–Trinajstić information content (AvgIpc) is 3.14. The fourth-order valence-corrected chi connectivity index (χ4v) is 4.16. The second-order valence-corrected chi connectivity index (χ2v) is 10.3. The van der Waals surface area contributed by atoms with Crippen molar-refractivity contribution in [3.05, 3.63) is 68.9 Å². The minimum absolute atomic E-state index is 0.102. The summed E-state index contributed by atoms with van der Waals surface area (Å²) in [4.78, 5) is 12.6. The van der Waals surface area contributed by atoms with Gasteiger partial charge in [-0.2, -0.15) is 0 Å². The Kier molecular flexibility index (Phi) is 5.92. The first kappa shape index (κ1) is 20.3. The van der Waals surface area contributed by atoms with Gasteiger partial charge in [-0.05, 0) is 84.5 Å². The van der Waals surface area contributed by atoms with Gasteiger partial charge in [0.2, 0.25) is 0 Å². The molecule has 0 bridgehead atoms. The highest BCUT2D eigenvalue weighted by atomic mass is 79.9. The highest BCUT2D eigenvalue weighted by Crippen LogP contribution is 2.60. The van der Waals surface area contributed by atoms with Crippen molar-refractivity contribution in [2.24, 2.45) is 17.3 Å². The maximum Gasteiger partial charge on any atom is 0.310 e. The third kappa shape index (κ3) is 4.35. The molecule has 5 heteroatoms. The molecular formula is C22H21Br2FO2. The van der Waals surface area contributed by atoms with Crippen LogP contribution in [-0.4, -0.2) is 5.97 Å². The number of hydrogen-bond donors (Lipinski definition) is 0. The van der Waals surface area contributed by atoms with Crippen LogP contribution in [0.4, 0.5) is 4.39 Å². The van der Waals surface area contributed by atoms with Gasteiger partial charge in [-0.1, -0.05) is 50.3 Å². The van der Waals surface area contributed by atoms with Crippen molar-refractivity contribution in [3.8, 4) is 11.1 Å². The molecule has 1 fully saturated rings. The summed E-state index contributed by atoms with van der Waals surface area (Å²) in [6.45, 7) is 6.38. The molecule has 0 saturated heterocycles. The number of carbonyl (C=O) groups is 1. The zero-order chi connectivity index (χ0) is 19.8. The number of rotatable bonds is 5. The molecule has 0 aliphatic heterocycles. The Morgan fingerprint density at radius 1 is 1.19 bits per heavy atom. The maximum atomic E-state index is 13.2. The van der Waals surface area contributed by atoms with Crippen molar-refractivity contribution < 1.29 is 13.9 Å². The summed E-state index contributed by atoms with van der Waals surface area (Å²) >= 11 is 6.73. The third-order valence-corrected chi connectivity index (χ3v) is 5.97. The van der Waals surface area contributed by atoms with Crippen LogP contribution in [0.5, 0.6) is 0 Å². The van der Waals surface area contributed by atoms with Crippen molar-refractivity contribution in [2.45, 2.75) is 27.4 Å². The predicted molar refractivity (Wildman–Crippen MR) is 113 cm³/mol. The molecule has 0 N–H and O–H groups in total. The molecule has 0 amide bonds. The molecule has 1 aliphatic rings. The number of hydrogen-bond acceptors (Lipinski definition) is 2. The number of ether oxygens (including phenoxy) is 1. The Hall–Kier alpha value is -1.46. The van der Waals surface area contributed by atoms with Crippen LogP contribution in [0.1, 0.15) is 25.0 Å². The largest absolute Gasteiger partial charge is 0.461 e. The van der Waals surface area contributed by atoms with E-state index in [1.165, 1.54) is 12.1 Å². The van der Waals surface area contributed by atoms with E-state index in [0.29, 0.717) is 0 Å². The molecule has 0 aromatic heterocycles. The summed E-state index contributed by atoms with van der Waals surface area (Å²) in [6.07, 6.45) is 2.01. The smallest absolute Gasteiger partial charge is 0.310 e. The molecule has 2 aromatic rings. The average molecular weight is 496 g/mol. The number of benzene rings is 2. The highest BCUT2D eigenvalue weighted by molar-refractivity contribution is 9.28. The predicted octanol–water partition coefficient (Wildman–Crippen LogP) is 6.75. The molecule has 0 heterocycles. The van der Waals surface area contributed by atoms with Gasteiger partial charge in [-0.25, -0.2) is 4.39 Å². The van der Waals surface area contributed by atoms with Gasteiger partial charge in [0.15, 0.2) is 0 Å². The number of carbonyl (C=O) groups excluding carboxylic acids is 1. The topological polar surface area (TPSA) is 26.3 Å². The van der Waals surface area contributed by atoms with Crippen LogP contribution in [0, 0.1) is 30.0 Å². The molecule has 2 atom stereocenters. The molecule has 1 saturated carbocycles. The summed E-state index contributed by atoms with van der Waals surface area (Å²) in [7, 11) is 0. The number of halogens is 3. The van der Waals surface area contributed by atoms with Crippen LogP contribution in [0.2, 0.25) is 0 Å². The Morgan fingerprint density at radius 3 is 2.48 bits per heavy atom. The zero-order valence-corrected chi connectivity index (χ0v) is 18.6. The van der Waals surface area contributed by atoms with E-state index in [-0.39, 0.29) is 35.6 Å². The van der Waals surface area contributed by atoms with E-state index in [2.05, 4.69) is 45.7 Å². The van der Waals surface area contributed by atoms with Crippen LogP contribution >= 0.6 is 31.9 Å². The van der Waals surface area contributed by atoms with E-state index < -0.39 is 0 Å². The lowest BCUT2D eigenvalue weighted by molar-refractivity contribution is -0.147. The van der Waals surface area contributed by atoms with Gasteiger partial charge in [0.25, 0.3) is 0 Å². The molecule has 142 valence electrons. The summed E-state index contributed by atoms with van der Waals surface area (Å²) in [5, 5.41) is 0. The van der Waals surface area contributed by atoms with Gasteiger partial charge < -0.3 is 4.74 Å². The van der Waals surface area contributed by atoms with Gasteiger partial charge in [0.05, 0.1) is 9.31 Å². The lowest BCUT2D eigenvalue weighted by Crippen LogP contribution is -2.11. The molecule has 2 nitrogen and oxygen atoms in total. The van der Waals surface area contributed by atoms with Crippen LogP contribution in [0.25, 0.3) is 11.1 Å². The van der Waals surface area contributed by atoms with Crippen LogP contribution < -0.4 is 0 Å². The number of allylic oxidation sites excluding steroid dienone is 1. The van der Waals surface area contributed by atoms with E-state index in [4.69, 9.17) is 4.74 Å². The SMILES string of the molecule is Cc1c(COC(=O)C2C(C=C(Br)Br)C2(C)C)cccc1-c1ccc(F)cc1.